The molecule has 5 heteroatoms. The average Bonchev–Trinajstić information content (AvgIpc) is 2.86. The summed E-state index contributed by atoms with van der Waals surface area (Å²) in [6.45, 7) is 21.0. The molecule has 0 radical (unpaired) electrons. The maximum atomic E-state index is 12.0. The van der Waals surface area contributed by atoms with Gasteiger partial charge in [-0.25, -0.2) is 0 Å². The van der Waals surface area contributed by atoms with Gasteiger partial charge in [-0.1, -0.05) is 45.4 Å². The van der Waals surface area contributed by atoms with Crippen LogP contribution in [-0.2, 0) is 9.53 Å². The zero-order valence-corrected chi connectivity index (χ0v) is 16.6. The number of hydrogen-bond donors (Lipinski definition) is 0. The van der Waals surface area contributed by atoms with E-state index < -0.39 is 22.1 Å². The third-order valence-corrected chi connectivity index (χ3v) is 10.9. The van der Waals surface area contributed by atoms with Crippen molar-refractivity contribution in [2.45, 2.75) is 65.7 Å². The molecule has 0 aliphatic heterocycles. The monoisotopic (exact) mass is 313 g/mol. The molecule has 0 aromatic heterocycles. The predicted octanol–water partition coefficient (Wildman–Crippen LogP) is 3.86. The van der Waals surface area contributed by atoms with Crippen LogP contribution in [0.15, 0.2) is 11.6 Å². The third kappa shape index (κ3) is 5.18. The van der Waals surface area contributed by atoms with Crippen molar-refractivity contribution in [3.8, 4) is 0 Å². The van der Waals surface area contributed by atoms with Gasteiger partial charge in [0.25, 0.3) is 0 Å². The minimum absolute atomic E-state index is 0.0653. The molecule has 0 fully saturated rings. The first-order valence-corrected chi connectivity index (χ1v) is 14.3. The lowest BCUT2D eigenvalue weighted by Gasteiger charge is -2.43. The van der Waals surface area contributed by atoms with Crippen LogP contribution in [0.2, 0.25) is 39.3 Å². The van der Waals surface area contributed by atoms with Gasteiger partial charge in [0.1, 0.15) is 22.1 Å². The highest BCUT2D eigenvalue weighted by Gasteiger charge is 2.41. The van der Waals surface area contributed by atoms with Crippen LogP contribution in [0.5, 0.6) is 0 Å². The predicted molar refractivity (Wildman–Crippen MR) is 90.8 cm³/mol. The normalized spacial score (nSPS) is 19.9. The highest BCUT2D eigenvalue weighted by Crippen LogP contribution is 2.34. The molecule has 0 saturated carbocycles. The van der Waals surface area contributed by atoms with Crippen molar-refractivity contribution in [1.82, 2.24) is 4.23 Å². The molecule has 3 nitrogen and oxygen atoms in total. The van der Waals surface area contributed by atoms with Crippen LogP contribution < -0.4 is 0 Å². The molecule has 0 heterocycles. The van der Waals surface area contributed by atoms with E-state index in [0.29, 0.717) is 0 Å². The quantitative estimate of drug-likeness (QED) is 0.438. The minimum atomic E-state index is -1.35. The standard InChI is InChI=1S/C15H31NO2Si2/c1-15(2,3)18-14(17)13-10-12(13)11-16(19(4,5)6)20(7,8)9/h10,13H,11H2,1-9H3/t13-/m1/s1. The number of esters is 1. The molecule has 0 N–H and O–H groups in total. The van der Waals surface area contributed by atoms with Crippen LogP contribution >= 0.6 is 0 Å². The lowest BCUT2D eigenvalue weighted by molar-refractivity contribution is -0.155. The van der Waals surface area contributed by atoms with E-state index >= 15 is 0 Å². The van der Waals surface area contributed by atoms with Crippen molar-refractivity contribution in [1.29, 1.82) is 0 Å². The molecule has 0 saturated heterocycles. The second-order valence-corrected chi connectivity index (χ2v) is 18.9. The van der Waals surface area contributed by atoms with Gasteiger partial charge in [-0.15, -0.1) is 0 Å². The lowest BCUT2D eigenvalue weighted by Crippen LogP contribution is -2.59. The molecular formula is C15H31NO2Si2. The van der Waals surface area contributed by atoms with Crippen molar-refractivity contribution >= 4 is 22.4 Å². The molecule has 1 rings (SSSR count). The second-order valence-electron chi connectivity index (χ2n) is 8.68. The molecule has 20 heavy (non-hydrogen) atoms. The lowest BCUT2D eigenvalue weighted by atomic mass is 10.2. The Morgan fingerprint density at radius 3 is 1.95 bits per heavy atom. The molecule has 0 aromatic carbocycles. The molecule has 0 aromatic rings. The summed E-state index contributed by atoms with van der Waals surface area (Å²) in [4.78, 5) is 12.0. The minimum Gasteiger partial charge on any atom is -0.459 e. The van der Waals surface area contributed by atoms with Crippen molar-refractivity contribution < 1.29 is 9.53 Å². The zero-order valence-electron chi connectivity index (χ0n) is 14.6. The number of rotatable bonds is 5. The van der Waals surface area contributed by atoms with Gasteiger partial charge in [-0.3, -0.25) is 4.79 Å². The van der Waals surface area contributed by atoms with E-state index in [4.69, 9.17) is 4.74 Å². The Morgan fingerprint density at radius 2 is 1.60 bits per heavy atom. The molecule has 0 amide bonds. The summed E-state index contributed by atoms with van der Waals surface area (Å²) in [7, 11) is -2.71. The molecule has 1 aliphatic rings. The molecular weight excluding hydrogens is 282 g/mol. The number of carbonyl (C=O) groups excluding carboxylic acids is 1. The topological polar surface area (TPSA) is 29.5 Å². The number of hydrogen-bond acceptors (Lipinski definition) is 3. The van der Waals surface area contributed by atoms with Crippen molar-refractivity contribution in [2.24, 2.45) is 5.92 Å². The van der Waals surface area contributed by atoms with Crippen LogP contribution in [0.3, 0.4) is 0 Å². The molecule has 116 valence electrons. The first-order valence-electron chi connectivity index (χ1n) is 7.43. The summed E-state index contributed by atoms with van der Waals surface area (Å²) in [6, 6.07) is 0. The Hall–Kier alpha value is -0.396. The van der Waals surface area contributed by atoms with Crippen LogP contribution in [0, 0.1) is 5.92 Å². The van der Waals surface area contributed by atoms with E-state index in [2.05, 4.69) is 49.6 Å². The molecule has 0 bridgehead atoms. The van der Waals surface area contributed by atoms with Gasteiger partial charge in [0, 0.05) is 6.54 Å². The highest BCUT2D eigenvalue weighted by molar-refractivity contribution is 6.89. The summed E-state index contributed by atoms with van der Waals surface area (Å²) < 4.78 is 8.16. The smallest absolute Gasteiger partial charge is 0.317 e. The molecule has 0 spiro atoms. The SMILES string of the molecule is CC(C)(C)OC(=O)[C@@H]1C=C1CN([Si](C)(C)C)[Si](C)(C)C. The van der Waals surface area contributed by atoms with Crippen molar-refractivity contribution in [3.63, 3.8) is 0 Å². The maximum absolute atomic E-state index is 12.0. The fraction of sp³-hybridized carbons (Fsp3) is 0.800. The number of carbonyl (C=O) groups is 1. The van der Waals surface area contributed by atoms with Gasteiger partial charge in [0.15, 0.2) is 0 Å². The maximum Gasteiger partial charge on any atom is 0.317 e. The molecule has 1 atom stereocenters. The number of ether oxygens (including phenoxy) is 1. The summed E-state index contributed by atoms with van der Waals surface area (Å²) >= 11 is 0. The summed E-state index contributed by atoms with van der Waals surface area (Å²) in [5, 5.41) is 0. The van der Waals surface area contributed by atoms with Gasteiger partial charge in [-0.2, -0.15) is 0 Å². The van der Waals surface area contributed by atoms with E-state index in [9.17, 15) is 4.79 Å². The van der Waals surface area contributed by atoms with Crippen LogP contribution in [0.25, 0.3) is 0 Å². The van der Waals surface area contributed by atoms with Gasteiger partial charge in [-0.05, 0) is 26.3 Å². The largest absolute Gasteiger partial charge is 0.459 e. The van der Waals surface area contributed by atoms with E-state index in [1.807, 2.05) is 20.8 Å². The van der Waals surface area contributed by atoms with Crippen LogP contribution in [-0.4, -0.2) is 38.8 Å². The summed E-state index contributed by atoms with van der Waals surface area (Å²) in [6.07, 6.45) is 2.07. The zero-order chi connectivity index (χ0) is 15.9. The fourth-order valence-electron chi connectivity index (χ4n) is 2.56. The third-order valence-electron chi connectivity index (χ3n) is 3.29. The Bertz CT molecular complexity index is 397. The van der Waals surface area contributed by atoms with Gasteiger partial charge in [0.05, 0.1) is 5.92 Å². The summed E-state index contributed by atoms with van der Waals surface area (Å²) in [5.74, 6) is -0.150. The van der Waals surface area contributed by atoms with E-state index in [-0.39, 0.29) is 11.9 Å². The van der Waals surface area contributed by atoms with Crippen LogP contribution in [0.1, 0.15) is 20.8 Å². The Balaban J connectivity index is 2.63. The Labute approximate surface area is 126 Å². The van der Waals surface area contributed by atoms with E-state index in [1.54, 1.807) is 0 Å². The summed E-state index contributed by atoms with van der Waals surface area (Å²) in [5.41, 5.74) is 0.861. The fourth-order valence-corrected chi connectivity index (χ4v) is 11.9. The van der Waals surface area contributed by atoms with Gasteiger partial charge < -0.3 is 8.97 Å². The first-order chi connectivity index (χ1) is 8.72. The van der Waals surface area contributed by atoms with Crippen molar-refractivity contribution in [3.05, 3.63) is 11.6 Å². The van der Waals surface area contributed by atoms with Gasteiger partial charge in [0.2, 0.25) is 0 Å². The first kappa shape index (κ1) is 17.7. The van der Waals surface area contributed by atoms with Crippen molar-refractivity contribution in [2.75, 3.05) is 6.54 Å². The van der Waals surface area contributed by atoms with Crippen LogP contribution in [0.4, 0.5) is 0 Å². The van der Waals surface area contributed by atoms with Gasteiger partial charge >= 0.3 is 5.97 Å². The molecule has 0 unspecified atom stereocenters. The van der Waals surface area contributed by atoms with E-state index in [0.717, 1.165) is 6.54 Å². The molecule has 1 aliphatic carbocycles. The average molecular weight is 314 g/mol. The Kier molecular flexibility index (Phi) is 4.79. The number of nitrogens with zero attached hydrogens (tertiary/aromatic N) is 1. The Morgan fingerprint density at radius 1 is 1.15 bits per heavy atom. The highest BCUT2D eigenvalue weighted by atomic mass is 28.4. The van der Waals surface area contributed by atoms with E-state index in [1.165, 1.54) is 5.57 Å². The second kappa shape index (κ2) is 5.42.